The van der Waals surface area contributed by atoms with Crippen molar-refractivity contribution in [3.63, 3.8) is 0 Å². The standard InChI is InChI=1S/C21H15ClN2O4/c22-16-5-3-4-15(12-16)21(27)28-17-10-8-14(9-11-17)13-23-24-20(26)18-6-1-2-7-19(18)25/h1-13,25H,(H,24,26)/b23-13-. The molecule has 3 rings (SSSR count). The number of para-hydroxylation sites is 1. The van der Waals surface area contributed by atoms with Crippen LogP contribution in [0.15, 0.2) is 77.9 Å². The average molecular weight is 395 g/mol. The monoisotopic (exact) mass is 394 g/mol. The highest BCUT2D eigenvalue weighted by Crippen LogP contribution is 2.17. The highest BCUT2D eigenvalue weighted by atomic mass is 35.5. The van der Waals surface area contributed by atoms with Crippen molar-refractivity contribution in [1.82, 2.24) is 5.43 Å². The number of ether oxygens (including phenoxy) is 1. The van der Waals surface area contributed by atoms with Crippen molar-refractivity contribution in [2.24, 2.45) is 5.10 Å². The van der Waals surface area contributed by atoms with E-state index in [-0.39, 0.29) is 11.3 Å². The largest absolute Gasteiger partial charge is 0.507 e. The Bertz CT molecular complexity index is 1030. The van der Waals surface area contributed by atoms with Gasteiger partial charge in [0.1, 0.15) is 11.5 Å². The van der Waals surface area contributed by atoms with Gasteiger partial charge in [0.05, 0.1) is 17.3 Å². The van der Waals surface area contributed by atoms with E-state index in [1.54, 1.807) is 54.6 Å². The van der Waals surface area contributed by atoms with Crippen LogP contribution in [0.3, 0.4) is 0 Å². The van der Waals surface area contributed by atoms with E-state index in [0.29, 0.717) is 21.9 Å². The molecule has 0 saturated heterocycles. The van der Waals surface area contributed by atoms with Gasteiger partial charge < -0.3 is 9.84 Å². The zero-order chi connectivity index (χ0) is 19.9. The molecule has 28 heavy (non-hydrogen) atoms. The molecule has 3 aromatic carbocycles. The van der Waals surface area contributed by atoms with Gasteiger partial charge in [-0.05, 0) is 60.2 Å². The molecule has 3 aromatic rings. The summed E-state index contributed by atoms with van der Waals surface area (Å²) < 4.78 is 5.28. The van der Waals surface area contributed by atoms with Crippen LogP contribution in [0.4, 0.5) is 0 Å². The van der Waals surface area contributed by atoms with Gasteiger partial charge in [-0.25, -0.2) is 10.2 Å². The first kappa shape index (κ1) is 19.1. The fourth-order valence-corrected chi connectivity index (χ4v) is 2.48. The van der Waals surface area contributed by atoms with E-state index < -0.39 is 11.9 Å². The molecule has 7 heteroatoms. The van der Waals surface area contributed by atoms with Crippen molar-refractivity contribution in [3.8, 4) is 11.5 Å². The van der Waals surface area contributed by atoms with Crippen LogP contribution in [0.5, 0.6) is 11.5 Å². The van der Waals surface area contributed by atoms with Crippen LogP contribution >= 0.6 is 11.6 Å². The zero-order valence-corrected chi connectivity index (χ0v) is 15.3. The smallest absolute Gasteiger partial charge is 0.343 e. The zero-order valence-electron chi connectivity index (χ0n) is 14.5. The number of rotatable bonds is 5. The van der Waals surface area contributed by atoms with E-state index in [4.69, 9.17) is 16.3 Å². The maximum Gasteiger partial charge on any atom is 0.343 e. The lowest BCUT2D eigenvalue weighted by Gasteiger charge is -2.05. The molecule has 140 valence electrons. The van der Waals surface area contributed by atoms with Crippen molar-refractivity contribution in [1.29, 1.82) is 0 Å². The van der Waals surface area contributed by atoms with Gasteiger partial charge in [-0.1, -0.05) is 29.8 Å². The van der Waals surface area contributed by atoms with Crippen LogP contribution in [0, 0.1) is 0 Å². The van der Waals surface area contributed by atoms with Crippen LogP contribution < -0.4 is 10.2 Å². The number of phenolic OH excluding ortho intramolecular Hbond substituents is 1. The molecular formula is C21H15ClN2O4. The number of nitrogens with one attached hydrogen (secondary N) is 1. The minimum Gasteiger partial charge on any atom is -0.507 e. The summed E-state index contributed by atoms with van der Waals surface area (Å²) in [7, 11) is 0. The van der Waals surface area contributed by atoms with Gasteiger partial charge in [0.15, 0.2) is 0 Å². The highest BCUT2D eigenvalue weighted by Gasteiger charge is 2.10. The van der Waals surface area contributed by atoms with E-state index in [0.717, 1.165) is 0 Å². The Morgan fingerprint density at radius 1 is 1.00 bits per heavy atom. The van der Waals surface area contributed by atoms with Gasteiger partial charge in [-0.2, -0.15) is 5.10 Å². The Kier molecular flexibility index (Phi) is 6.04. The van der Waals surface area contributed by atoms with E-state index in [2.05, 4.69) is 10.5 Å². The summed E-state index contributed by atoms with van der Waals surface area (Å²) in [6.45, 7) is 0. The number of hydrogen-bond acceptors (Lipinski definition) is 5. The topological polar surface area (TPSA) is 88.0 Å². The molecule has 0 unspecified atom stereocenters. The lowest BCUT2D eigenvalue weighted by atomic mass is 10.2. The minimum absolute atomic E-state index is 0.124. The molecule has 0 aliphatic rings. The van der Waals surface area contributed by atoms with Crippen LogP contribution in [-0.2, 0) is 0 Å². The van der Waals surface area contributed by atoms with Gasteiger partial charge >= 0.3 is 5.97 Å². The van der Waals surface area contributed by atoms with E-state index in [9.17, 15) is 14.7 Å². The second-order valence-electron chi connectivity index (χ2n) is 5.69. The Morgan fingerprint density at radius 3 is 2.46 bits per heavy atom. The fourth-order valence-electron chi connectivity index (χ4n) is 2.29. The number of aromatic hydroxyl groups is 1. The van der Waals surface area contributed by atoms with Gasteiger partial charge in [0, 0.05) is 5.02 Å². The molecule has 0 saturated carbocycles. The Labute approximate surface area is 166 Å². The summed E-state index contributed by atoms with van der Waals surface area (Å²) in [6.07, 6.45) is 1.43. The summed E-state index contributed by atoms with van der Waals surface area (Å²) in [6, 6.07) is 19.2. The van der Waals surface area contributed by atoms with Gasteiger partial charge in [0.2, 0.25) is 0 Å². The number of esters is 1. The second-order valence-corrected chi connectivity index (χ2v) is 6.12. The number of phenols is 1. The number of benzene rings is 3. The summed E-state index contributed by atoms with van der Waals surface area (Å²) in [5.74, 6) is -0.804. The predicted molar refractivity (Wildman–Crippen MR) is 106 cm³/mol. The number of hydrogen-bond donors (Lipinski definition) is 2. The lowest BCUT2D eigenvalue weighted by Crippen LogP contribution is -2.17. The van der Waals surface area contributed by atoms with Gasteiger partial charge in [-0.3, -0.25) is 4.79 Å². The molecule has 0 spiro atoms. The third kappa shape index (κ3) is 4.96. The molecule has 0 heterocycles. The first-order valence-corrected chi connectivity index (χ1v) is 8.60. The maximum absolute atomic E-state index is 12.1. The predicted octanol–water partition coefficient (Wildman–Crippen LogP) is 4.03. The fraction of sp³-hybridized carbons (Fsp3) is 0. The van der Waals surface area contributed by atoms with Gasteiger partial charge in [0.25, 0.3) is 5.91 Å². The summed E-state index contributed by atoms with van der Waals surface area (Å²) in [5.41, 5.74) is 3.49. The molecule has 0 atom stereocenters. The molecule has 1 amide bonds. The first-order chi connectivity index (χ1) is 13.5. The Morgan fingerprint density at radius 2 is 1.75 bits per heavy atom. The third-order valence-corrected chi connectivity index (χ3v) is 3.91. The minimum atomic E-state index is -0.526. The van der Waals surface area contributed by atoms with Gasteiger partial charge in [-0.15, -0.1) is 0 Å². The summed E-state index contributed by atoms with van der Waals surface area (Å²) in [5, 5.41) is 13.9. The lowest BCUT2D eigenvalue weighted by molar-refractivity contribution is 0.0734. The third-order valence-electron chi connectivity index (χ3n) is 3.68. The van der Waals surface area contributed by atoms with Crippen molar-refractivity contribution < 1.29 is 19.4 Å². The normalized spacial score (nSPS) is 10.6. The van der Waals surface area contributed by atoms with Crippen LogP contribution in [0.1, 0.15) is 26.3 Å². The second kappa shape index (κ2) is 8.83. The molecule has 0 aliphatic carbocycles. The Hall–Kier alpha value is -3.64. The number of halogens is 1. The molecule has 0 bridgehead atoms. The van der Waals surface area contributed by atoms with Crippen LogP contribution in [0.2, 0.25) is 5.02 Å². The average Bonchev–Trinajstić information content (AvgIpc) is 2.69. The van der Waals surface area contributed by atoms with Crippen molar-refractivity contribution in [2.45, 2.75) is 0 Å². The number of carbonyl (C=O) groups excluding carboxylic acids is 2. The quantitative estimate of drug-likeness (QED) is 0.296. The van der Waals surface area contributed by atoms with E-state index in [1.165, 1.54) is 24.4 Å². The molecule has 6 nitrogen and oxygen atoms in total. The number of carbonyl (C=O) groups is 2. The molecule has 2 N–H and O–H groups in total. The molecular weight excluding hydrogens is 380 g/mol. The first-order valence-electron chi connectivity index (χ1n) is 8.22. The maximum atomic E-state index is 12.1. The van der Waals surface area contributed by atoms with Crippen molar-refractivity contribution in [3.05, 3.63) is 94.5 Å². The van der Waals surface area contributed by atoms with Crippen LogP contribution in [-0.4, -0.2) is 23.2 Å². The summed E-state index contributed by atoms with van der Waals surface area (Å²) in [4.78, 5) is 24.0. The summed E-state index contributed by atoms with van der Waals surface area (Å²) >= 11 is 5.87. The van der Waals surface area contributed by atoms with Crippen LogP contribution in [0.25, 0.3) is 0 Å². The number of nitrogens with zero attached hydrogens (tertiary/aromatic N) is 1. The molecule has 0 aromatic heterocycles. The van der Waals surface area contributed by atoms with E-state index in [1.807, 2.05) is 0 Å². The highest BCUT2D eigenvalue weighted by molar-refractivity contribution is 6.30. The van der Waals surface area contributed by atoms with Crippen molar-refractivity contribution in [2.75, 3.05) is 0 Å². The SMILES string of the molecule is O=C(Oc1ccc(/C=N\NC(=O)c2ccccc2O)cc1)c1cccc(Cl)c1. The molecule has 0 fully saturated rings. The van der Waals surface area contributed by atoms with Crippen molar-refractivity contribution >= 4 is 29.7 Å². The number of amides is 1. The molecule has 0 radical (unpaired) electrons. The van der Waals surface area contributed by atoms with E-state index >= 15 is 0 Å². The number of hydrazone groups is 1. The Balaban J connectivity index is 1.58. The molecule has 0 aliphatic heterocycles.